The van der Waals surface area contributed by atoms with Crippen molar-refractivity contribution in [1.82, 2.24) is 19.7 Å². The van der Waals surface area contributed by atoms with Gasteiger partial charge in [0.2, 0.25) is 0 Å². The second-order valence-electron chi connectivity index (χ2n) is 5.14. The largest absolute Gasteiger partial charge is 0.221 e. The van der Waals surface area contributed by atoms with Crippen LogP contribution in [0, 0.1) is 6.92 Å². The molecule has 2 aromatic heterocycles. The van der Waals surface area contributed by atoms with Crippen LogP contribution in [-0.2, 0) is 5.41 Å². The minimum absolute atomic E-state index is 0.156. The number of hydrogen-bond acceptors (Lipinski definition) is 3. The van der Waals surface area contributed by atoms with Crippen LogP contribution in [-0.4, -0.2) is 19.7 Å². The van der Waals surface area contributed by atoms with E-state index in [0.717, 1.165) is 10.0 Å². The molecular weight excluding hydrogens is 316 g/mol. The van der Waals surface area contributed by atoms with E-state index in [2.05, 4.69) is 51.8 Å². The molecule has 0 saturated carbocycles. The first-order valence-corrected chi connectivity index (χ1v) is 6.71. The van der Waals surface area contributed by atoms with Gasteiger partial charge >= 0.3 is 0 Å². The van der Waals surface area contributed by atoms with Crippen LogP contribution in [0.25, 0.3) is 5.82 Å². The lowest BCUT2D eigenvalue weighted by Crippen LogP contribution is -2.18. The van der Waals surface area contributed by atoms with E-state index in [1.807, 2.05) is 13.1 Å². The van der Waals surface area contributed by atoms with Crippen LogP contribution in [0.1, 0.15) is 32.2 Å². The molecule has 0 fully saturated rings. The highest BCUT2D eigenvalue weighted by molar-refractivity contribution is 9.10. The fourth-order valence-corrected chi connectivity index (χ4v) is 1.90. The molecule has 4 nitrogen and oxygen atoms in total. The van der Waals surface area contributed by atoms with Gasteiger partial charge in [0.25, 0.3) is 0 Å². The van der Waals surface area contributed by atoms with Crippen LogP contribution < -0.4 is 0 Å². The molecule has 0 aliphatic rings. The summed E-state index contributed by atoms with van der Waals surface area (Å²) < 4.78 is 2.59. The maximum absolute atomic E-state index is 6.18. The molecule has 6 heteroatoms. The summed E-state index contributed by atoms with van der Waals surface area (Å²) in [6.45, 7) is 8.05. The number of nitrogens with zero attached hydrogens (tertiary/aromatic N) is 4. The predicted molar refractivity (Wildman–Crippen MR) is 75.3 cm³/mol. The van der Waals surface area contributed by atoms with Gasteiger partial charge in [-0.05, 0) is 22.9 Å². The molecule has 96 valence electrons. The molecule has 0 aliphatic heterocycles. The van der Waals surface area contributed by atoms with Crippen molar-refractivity contribution in [2.45, 2.75) is 33.1 Å². The summed E-state index contributed by atoms with van der Waals surface area (Å²) in [6.07, 6.45) is 3.56. The number of hydrogen-bond donors (Lipinski definition) is 0. The molecule has 2 aromatic rings. The summed E-state index contributed by atoms with van der Waals surface area (Å²) in [4.78, 5) is 8.91. The summed E-state index contributed by atoms with van der Waals surface area (Å²) in [6, 6.07) is 0. The van der Waals surface area contributed by atoms with Gasteiger partial charge in [-0.25, -0.2) is 14.6 Å². The van der Waals surface area contributed by atoms with Crippen molar-refractivity contribution in [3.63, 3.8) is 0 Å². The fourth-order valence-electron chi connectivity index (χ4n) is 1.45. The average molecular weight is 330 g/mol. The second kappa shape index (κ2) is 4.63. The summed E-state index contributed by atoms with van der Waals surface area (Å²) in [5, 5.41) is 4.70. The smallest absolute Gasteiger partial charge is 0.161 e. The summed E-state index contributed by atoms with van der Waals surface area (Å²) in [5.74, 6) is 1.42. The Bertz CT molecular complexity index is 586. The van der Waals surface area contributed by atoms with E-state index in [0.29, 0.717) is 16.8 Å². The van der Waals surface area contributed by atoms with E-state index in [-0.39, 0.29) is 5.41 Å². The zero-order valence-corrected chi connectivity index (χ0v) is 13.0. The Hall–Kier alpha value is -0.940. The van der Waals surface area contributed by atoms with Crippen molar-refractivity contribution in [1.29, 1.82) is 0 Å². The predicted octanol–water partition coefficient (Wildman–Crippen LogP) is 3.68. The van der Waals surface area contributed by atoms with Crippen molar-refractivity contribution >= 4 is 27.5 Å². The molecule has 2 rings (SSSR count). The Labute approximate surface area is 120 Å². The first-order chi connectivity index (χ1) is 8.29. The molecule has 0 unspecified atom stereocenters. The zero-order valence-electron chi connectivity index (χ0n) is 10.7. The van der Waals surface area contributed by atoms with Crippen molar-refractivity contribution in [3.05, 3.63) is 33.4 Å². The molecule has 0 bridgehead atoms. The molecule has 0 N–H and O–H groups in total. The van der Waals surface area contributed by atoms with Gasteiger partial charge < -0.3 is 0 Å². The Morgan fingerprint density at radius 3 is 2.44 bits per heavy atom. The third-order valence-corrected chi connectivity index (χ3v) is 3.28. The molecule has 2 heterocycles. The maximum Gasteiger partial charge on any atom is 0.161 e. The van der Waals surface area contributed by atoms with Gasteiger partial charge in [0.05, 0.1) is 10.7 Å². The van der Waals surface area contributed by atoms with E-state index in [1.165, 1.54) is 0 Å². The highest BCUT2D eigenvalue weighted by Crippen LogP contribution is 2.25. The molecule has 0 amide bonds. The van der Waals surface area contributed by atoms with Crippen molar-refractivity contribution in [2.24, 2.45) is 0 Å². The standard InChI is InChI=1S/C12H14BrClN4/c1-7-9(14)16-11(12(2,3)4)17-10(7)18-6-8(13)5-15-18/h5-6H,1-4H3. The molecule has 0 saturated heterocycles. The lowest BCUT2D eigenvalue weighted by molar-refractivity contribution is 0.541. The fraction of sp³-hybridized carbons (Fsp3) is 0.417. The van der Waals surface area contributed by atoms with Crippen LogP contribution >= 0.6 is 27.5 Å². The van der Waals surface area contributed by atoms with Gasteiger partial charge in [-0.2, -0.15) is 5.10 Å². The molecular formula is C12H14BrClN4. The summed E-state index contributed by atoms with van der Waals surface area (Å²) in [7, 11) is 0. The second-order valence-corrected chi connectivity index (χ2v) is 6.41. The topological polar surface area (TPSA) is 43.6 Å². The average Bonchev–Trinajstić information content (AvgIpc) is 2.67. The van der Waals surface area contributed by atoms with Gasteiger partial charge in [0.15, 0.2) is 5.82 Å². The summed E-state index contributed by atoms with van der Waals surface area (Å²) in [5.41, 5.74) is 0.663. The highest BCUT2D eigenvalue weighted by Gasteiger charge is 2.21. The van der Waals surface area contributed by atoms with Gasteiger partial charge in [-0.3, -0.25) is 0 Å². The minimum atomic E-state index is -0.156. The SMILES string of the molecule is Cc1c(Cl)nc(C(C)(C)C)nc1-n1cc(Br)cn1. The number of rotatable bonds is 1. The Balaban J connectivity index is 2.63. The number of aromatic nitrogens is 4. The van der Waals surface area contributed by atoms with E-state index >= 15 is 0 Å². The maximum atomic E-state index is 6.18. The molecule has 18 heavy (non-hydrogen) atoms. The van der Waals surface area contributed by atoms with E-state index < -0.39 is 0 Å². The Kier molecular flexibility index (Phi) is 3.47. The van der Waals surface area contributed by atoms with E-state index in [4.69, 9.17) is 11.6 Å². The quantitative estimate of drug-likeness (QED) is 0.750. The van der Waals surface area contributed by atoms with Gasteiger partial charge in [-0.1, -0.05) is 32.4 Å². The minimum Gasteiger partial charge on any atom is -0.221 e. The molecule has 0 aromatic carbocycles. The van der Waals surface area contributed by atoms with Gasteiger partial charge in [-0.15, -0.1) is 0 Å². The first kappa shape index (κ1) is 13.5. The monoisotopic (exact) mass is 328 g/mol. The molecule has 0 radical (unpaired) electrons. The highest BCUT2D eigenvalue weighted by atomic mass is 79.9. The molecule has 0 spiro atoms. The third-order valence-electron chi connectivity index (χ3n) is 2.50. The first-order valence-electron chi connectivity index (χ1n) is 5.54. The summed E-state index contributed by atoms with van der Waals surface area (Å²) >= 11 is 9.55. The zero-order chi connectivity index (χ0) is 13.5. The lowest BCUT2D eigenvalue weighted by Gasteiger charge is -2.18. The number of halogens is 2. The lowest BCUT2D eigenvalue weighted by atomic mass is 9.95. The third kappa shape index (κ3) is 2.57. The van der Waals surface area contributed by atoms with Crippen LogP contribution in [0.2, 0.25) is 5.15 Å². The van der Waals surface area contributed by atoms with E-state index in [9.17, 15) is 0 Å². The van der Waals surface area contributed by atoms with Crippen LogP contribution in [0.15, 0.2) is 16.9 Å². The molecule has 0 atom stereocenters. The van der Waals surface area contributed by atoms with E-state index in [1.54, 1.807) is 10.9 Å². The normalized spacial score (nSPS) is 11.9. The van der Waals surface area contributed by atoms with Gasteiger partial charge in [0, 0.05) is 17.2 Å². The van der Waals surface area contributed by atoms with Gasteiger partial charge in [0.1, 0.15) is 11.0 Å². The Morgan fingerprint density at radius 2 is 1.94 bits per heavy atom. The van der Waals surface area contributed by atoms with Crippen LogP contribution in [0.4, 0.5) is 0 Å². The van der Waals surface area contributed by atoms with Crippen LogP contribution in [0.3, 0.4) is 0 Å². The van der Waals surface area contributed by atoms with Crippen molar-refractivity contribution < 1.29 is 0 Å². The van der Waals surface area contributed by atoms with Crippen molar-refractivity contribution in [3.8, 4) is 5.82 Å². The van der Waals surface area contributed by atoms with Crippen LogP contribution in [0.5, 0.6) is 0 Å². The molecule has 0 aliphatic carbocycles. The van der Waals surface area contributed by atoms with Crippen molar-refractivity contribution in [2.75, 3.05) is 0 Å². The Morgan fingerprint density at radius 1 is 1.28 bits per heavy atom.